The Bertz CT molecular complexity index is 560. The van der Waals surface area contributed by atoms with Crippen LogP contribution in [-0.2, 0) is 4.74 Å². The first-order chi connectivity index (χ1) is 12.7. The molecule has 0 bridgehead atoms. The normalized spacial score (nSPS) is 22.1. The van der Waals surface area contributed by atoms with Crippen molar-refractivity contribution < 1.29 is 4.74 Å². The summed E-state index contributed by atoms with van der Waals surface area (Å²) >= 11 is 1.82. The molecule has 3 heterocycles. The molecule has 0 spiro atoms. The van der Waals surface area contributed by atoms with Crippen LogP contribution in [0.4, 0.5) is 5.00 Å². The van der Waals surface area contributed by atoms with E-state index in [4.69, 9.17) is 4.74 Å². The number of anilines is 1. The number of hydrogen-bond acceptors (Lipinski definition) is 5. The van der Waals surface area contributed by atoms with E-state index in [9.17, 15) is 0 Å². The zero-order valence-electron chi connectivity index (χ0n) is 16.8. The minimum atomic E-state index is 0. The van der Waals surface area contributed by atoms with E-state index in [0.717, 1.165) is 64.9 Å². The van der Waals surface area contributed by atoms with Gasteiger partial charge in [0.2, 0.25) is 0 Å². The van der Waals surface area contributed by atoms with Gasteiger partial charge in [0, 0.05) is 59.4 Å². The lowest BCUT2D eigenvalue weighted by molar-refractivity contribution is -0.0286. The van der Waals surface area contributed by atoms with Crippen LogP contribution < -0.4 is 10.2 Å². The van der Waals surface area contributed by atoms with Gasteiger partial charge in [0.05, 0.1) is 17.7 Å². The van der Waals surface area contributed by atoms with Crippen LogP contribution in [0.2, 0.25) is 0 Å². The fraction of sp³-hybridized carbons (Fsp3) is 0.737. The Hall–Kier alpha value is -0.580. The zero-order chi connectivity index (χ0) is 18.4. The third-order valence-corrected chi connectivity index (χ3v) is 5.87. The highest BCUT2D eigenvalue weighted by Crippen LogP contribution is 2.22. The third kappa shape index (κ3) is 6.76. The highest BCUT2D eigenvalue weighted by atomic mass is 127. The maximum absolute atomic E-state index is 5.95. The number of morpholine rings is 1. The third-order valence-electron chi connectivity index (χ3n) is 4.94. The molecule has 2 fully saturated rings. The predicted octanol–water partition coefficient (Wildman–Crippen LogP) is 2.42. The predicted molar refractivity (Wildman–Crippen MR) is 126 cm³/mol. The number of aliphatic imine (C=N–C) groups is 1. The molecular weight excluding hydrogens is 473 g/mol. The van der Waals surface area contributed by atoms with Crippen LogP contribution in [0.1, 0.15) is 13.8 Å². The molecule has 0 aromatic carbocycles. The van der Waals surface area contributed by atoms with Crippen LogP contribution in [0.5, 0.6) is 0 Å². The lowest BCUT2D eigenvalue weighted by Crippen LogP contribution is -2.55. The number of guanidine groups is 1. The highest BCUT2D eigenvalue weighted by Gasteiger charge is 2.23. The Labute approximate surface area is 185 Å². The first kappa shape index (κ1) is 22.7. The van der Waals surface area contributed by atoms with Gasteiger partial charge in [-0.1, -0.05) is 13.8 Å². The van der Waals surface area contributed by atoms with Gasteiger partial charge < -0.3 is 19.9 Å². The van der Waals surface area contributed by atoms with E-state index in [0.29, 0.717) is 5.92 Å². The molecule has 2 aliphatic rings. The molecule has 1 N–H and O–H groups in total. The number of rotatable bonds is 5. The van der Waals surface area contributed by atoms with Crippen LogP contribution >= 0.6 is 35.3 Å². The number of hydrogen-bond donors (Lipinski definition) is 1. The maximum Gasteiger partial charge on any atom is 0.193 e. The summed E-state index contributed by atoms with van der Waals surface area (Å²) in [6, 6.07) is 4.33. The average molecular weight is 507 g/mol. The Morgan fingerprint density at radius 3 is 2.70 bits per heavy atom. The second kappa shape index (κ2) is 11.4. The number of piperazine rings is 1. The Morgan fingerprint density at radius 2 is 2.07 bits per heavy atom. The van der Waals surface area contributed by atoms with Crippen molar-refractivity contribution in [1.82, 2.24) is 15.1 Å². The summed E-state index contributed by atoms with van der Waals surface area (Å²) in [4.78, 5) is 11.8. The van der Waals surface area contributed by atoms with Gasteiger partial charge in [-0.15, -0.1) is 35.3 Å². The summed E-state index contributed by atoms with van der Waals surface area (Å²) in [5, 5.41) is 7.06. The van der Waals surface area contributed by atoms with Crippen LogP contribution in [0.25, 0.3) is 0 Å². The molecule has 0 saturated carbocycles. The lowest BCUT2D eigenvalue weighted by atomic mass is 10.2. The van der Waals surface area contributed by atoms with Gasteiger partial charge in [0.25, 0.3) is 0 Å². The maximum atomic E-state index is 5.95. The van der Waals surface area contributed by atoms with Gasteiger partial charge in [-0.05, 0) is 23.4 Å². The van der Waals surface area contributed by atoms with Crippen molar-refractivity contribution in [2.75, 3.05) is 70.9 Å². The molecule has 0 radical (unpaired) electrons. The standard InChI is InChI=1S/C19H33N5OS.HI/c1-16(2)14-22-10-11-25-17(15-22)13-21-19(20-3)24-8-6-23(7-9-24)18-5-4-12-26-18;/h4-5,12,16-17H,6-11,13-15H2,1-3H3,(H,20,21);1H. The molecule has 6 nitrogen and oxygen atoms in total. The van der Waals surface area contributed by atoms with Gasteiger partial charge in [-0.3, -0.25) is 9.89 Å². The van der Waals surface area contributed by atoms with Crippen molar-refractivity contribution in [1.29, 1.82) is 0 Å². The van der Waals surface area contributed by atoms with Crippen LogP contribution in [0, 0.1) is 5.92 Å². The SMILES string of the molecule is CN=C(NCC1CN(CC(C)C)CCO1)N1CCN(c2cccs2)CC1.I. The molecular formula is C19H34IN5OS. The molecule has 3 rings (SSSR count). The second-order valence-electron chi connectivity index (χ2n) is 7.50. The molecule has 2 saturated heterocycles. The lowest BCUT2D eigenvalue weighted by Gasteiger charge is -2.38. The summed E-state index contributed by atoms with van der Waals surface area (Å²) in [7, 11) is 1.88. The smallest absolute Gasteiger partial charge is 0.193 e. The van der Waals surface area contributed by atoms with Crippen molar-refractivity contribution in [2.24, 2.45) is 10.9 Å². The zero-order valence-corrected chi connectivity index (χ0v) is 19.9. The number of nitrogens with zero attached hydrogens (tertiary/aromatic N) is 4. The molecule has 27 heavy (non-hydrogen) atoms. The van der Waals surface area contributed by atoms with Crippen molar-refractivity contribution >= 4 is 46.3 Å². The molecule has 0 aliphatic carbocycles. The fourth-order valence-corrected chi connectivity index (χ4v) is 4.50. The second-order valence-corrected chi connectivity index (χ2v) is 8.43. The highest BCUT2D eigenvalue weighted by molar-refractivity contribution is 14.0. The van der Waals surface area contributed by atoms with E-state index in [1.165, 1.54) is 5.00 Å². The van der Waals surface area contributed by atoms with Crippen molar-refractivity contribution in [3.05, 3.63) is 17.5 Å². The van der Waals surface area contributed by atoms with Gasteiger partial charge >= 0.3 is 0 Å². The summed E-state index contributed by atoms with van der Waals surface area (Å²) in [5.41, 5.74) is 0. The fourth-order valence-electron chi connectivity index (χ4n) is 3.71. The van der Waals surface area contributed by atoms with Crippen molar-refractivity contribution in [2.45, 2.75) is 20.0 Å². The summed E-state index contributed by atoms with van der Waals surface area (Å²) in [6.07, 6.45) is 0.242. The Kier molecular flexibility index (Phi) is 9.61. The average Bonchev–Trinajstić information content (AvgIpc) is 3.17. The van der Waals surface area contributed by atoms with Crippen LogP contribution in [0.3, 0.4) is 0 Å². The minimum Gasteiger partial charge on any atom is -0.374 e. The molecule has 1 aromatic rings. The van der Waals surface area contributed by atoms with Gasteiger partial charge in [0.15, 0.2) is 5.96 Å². The van der Waals surface area contributed by atoms with E-state index in [-0.39, 0.29) is 30.1 Å². The Balaban J connectivity index is 0.00000261. The van der Waals surface area contributed by atoms with Gasteiger partial charge in [-0.25, -0.2) is 0 Å². The first-order valence-electron chi connectivity index (χ1n) is 9.73. The Morgan fingerprint density at radius 1 is 1.30 bits per heavy atom. The van der Waals surface area contributed by atoms with E-state index < -0.39 is 0 Å². The van der Waals surface area contributed by atoms with Crippen LogP contribution in [0.15, 0.2) is 22.5 Å². The molecule has 1 unspecified atom stereocenters. The summed E-state index contributed by atoms with van der Waals surface area (Å²) < 4.78 is 5.95. The van der Waals surface area contributed by atoms with E-state index in [2.05, 4.69) is 56.4 Å². The topological polar surface area (TPSA) is 43.3 Å². The molecule has 1 aromatic heterocycles. The molecule has 8 heteroatoms. The summed E-state index contributed by atoms with van der Waals surface area (Å²) in [6.45, 7) is 13.5. The number of thiophene rings is 1. The van der Waals surface area contributed by atoms with Crippen LogP contribution in [-0.4, -0.2) is 87.9 Å². The minimum absolute atomic E-state index is 0. The largest absolute Gasteiger partial charge is 0.374 e. The first-order valence-corrected chi connectivity index (χ1v) is 10.6. The molecule has 154 valence electrons. The van der Waals surface area contributed by atoms with Gasteiger partial charge in [0.1, 0.15) is 0 Å². The monoisotopic (exact) mass is 507 g/mol. The molecule has 1 atom stereocenters. The number of ether oxygens (including phenoxy) is 1. The van der Waals surface area contributed by atoms with Crippen molar-refractivity contribution in [3.8, 4) is 0 Å². The summed E-state index contributed by atoms with van der Waals surface area (Å²) in [5.74, 6) is 1.70. The number of nitrogens with one attached hydrogen (secondary N) is 1. The van der Waals surface area contributed by atoms with E-state index >= 15 is 0 Å². The quantitative estimate of drug-likeness (QED) is 0.377. The molecule has 0 amide bonds. The molecule has 2 aliphatic heterocycles. The number of halogens is 1. The van der Waals surface area contributed by atoms with E-state index in [1.54, 1.807) is 0 Å². The van der Waals surface area contributed by atoms with Gasteiger partial charge in [-0.2, -0.15) is 0 Å². The van der Waals surface area contributed by atoms with Crippen molar-refractivity contribution in [3.63, 3.8) is 0 Å². The van der Waals surface area contributed by atoms with E-state index in [1.807, 2.05) is 18.4 Å².